The second kappa shape index (κ2) is 7.34. The molecule has 22 heavy (non-hydrogen) atoms. The molecule has 2 aromatic rings. The van der Waals surface area contributed by atoms with Crippen LogP contribution in [0, 0.1) is 0 Å². The summed E-state index contributed by atoms with van der Waals surface area (Å²) in [6.07, 6.45) is 2.27. The molecule has 114 valence electrons. The van der Waals surface area contributed by atoms with Crippen LogP contribution in [0.4, 0.5) is 0 Å². The lowest BCUT2D eigenvalue weighted by Gasteiger charge is -2.15. The van der Waals surface area contributed by atoms with Gasteiger partial charge in [0.05, 0.1) is 0 Å². The number of hydrogen-bond acceptors (Lipinski definition) is 2. The van der Waals surface area contributed by atoms with Gasteiger partial charge in [-0.15, -0.1) is 11.8 Å². The van der Waals surface area contributed by atoms with E-state index >= 15 is 0 Å². The van der Waals surface area contributed by atoms with Gasteiger partial charge >= 0.3 is 0 Å². The molecule has 1 amide bonds. The third-order valence-corrected chi connectivity index (χ3v) is 5.43. The van der Waals surface area contributed by atoms with Gasteiger partial charge < -0.3 is 4.90 Å². The number of rotatable bonds is 4. The molecular formula is C18H18BrNOS. The highest BCUT2D eigenvalue weighted by Crippen LogP contribution is 2.24. The largest absolute Gasteiger partial charge is 0.339 e. The molecule has 4 heteroatoms. The van der Waals surface area contributed by atoms with Crippen molar-refractivity contribution >= 4 is 33.6 Å². The SMILES string of the molecule is O=C(c1ccc(CSc2ccc(Br)cc2)cc1)N1CCCC1. The number of thioether (sulfide) groups is 1. The topological polar surface area (TPSA) is 20.3 Å². The van der Waals surface area contributed by atoms with Crippen molar-refractivity contribution in [1.82, 2.24) is 4.90 Å². The van der Waals surface area contributed by atoms with E-state index in [1.165, 1.54) is 10.5 Å². The summed E-state index contributed by atoms with van der Waals surface area (Å²) in [5.74, 6) is 1.09. The van der Waals surface area contributed by atoms with Gasteiger partial charge in [-0.25, -0.2) is 0 Å². The lowest BCUT2D eigenvalue weighted by atomic mass is 10.1. The summed E-state index contributed by atoms with van der Waals surface area (Å²) >= 11 is 5.25. The standard InChI is InChI=1S/C18H18BrNOS/c19-16-7-9-17(10-8-16)22-13-14-3-5-15(6-4-14)18(21)20-11-1-2-12-20/h3-10H,1-2,11-13H2. The quantitative estimate of drug-likeness (QED) is 0.702. The second-order valence-corrected chi connectivity index (χ2v) is 7.40. The molecule has 0 N–H and O–H groups in total. The van der Waals surface area contributed by atoms with Crippen molar-refractivity contribution in [1.29, 1.82) is 0 Å². The van der Waals surface area contributed by atoms with E-state index in [0.717, 1.165) is 41.7 Å². The number of halogens is 1. The monoisotopic (exact) mass is 375 g/mol. The first-order valence-electron chi connectivity index (χ1n) is 7.49. The normalized spacial score (nSPS) is 14.3. The number of nitrogens with zero attached hydrogens (tertiary/aromatic N) is 1. The van der Waals surface area contributed by atoms with Crippen molar-refractivity contribution in [3.63, 3.8) is 0 Å². The molecule has 1 heterocycles. The van der Waals surface area contributed by atoms with E-state index < -0.39 is 0 Å². The maximum atomic E-state index is 12.3. The molecule has 2 aromatic carbocycles. The summed E-state index contributed by atoms with van der Waals surface area (Å²) in [5.41, 5.74) is 2.05. The Hall–Kier alpha value is -1.26. The van der Waals surface area contributed by atoms with E-state index in [2.05, 4.69) is 52.3 Å². The molecule has 0 bridgehead atoms. The molecule has 3 rings (SSSR count). The van der Waals surface area contributed by atoms with Crippen molar-refractivity contribution in [3.05, 3.63) is 64.1 Å². The fraction of sp³-hybridized carbons (Fsp3) is 0.278. The maximum Gasteiger partial charge on any atom is 0.253 e. The smallest absolute Gasteiger partial charge is 0.253 e. The first-order valence-corrected chi connectivity index (χ1v) is 9.27. The number of carbonyl (C=O) groups excluding carboxylic acids is 1. The van der Waals surface area contributed by atoms with Crippen LogP contribution in [-0.2, 0) is 5.75 Å². The lowest BCUT2D eigenvalue weighted by molar-refractivity contribution is 0.0793. The Bertz CT molecular complexity index is 633. The molecule has 0 spiro atoms. The van der Waals surface area contributed by atoms with Crippen LogP contribution in [0.25, 0.3) is 0 Å². The summed E-state index contributed by atoms with van der Waals surface area (Å²) in [5, 5.41) is 0. The van der Waals surface area contributed by atoms with Crippen molar-refractivity contribution in [2.75, 3.05) is 13.1 Å². The predicted molar refractivity (Wildman–Crippen MR) is 95.3 cm³/mol. The molecule has 0 radical (unpaired) electrons. The molecule has 0 unspecified atom stereocenters. The van der Waals surface area contributed by atoms with Crippen molar-refractivity contribution < 1.29 is 4.79 Å². The van der Waals surface area contributed by atoms with Crippen LogP contribution in [0.2, 0.25) is 0 Å². The Morgan fingerprint density at radius 2 is 1.64 bits per heavy atom. The van der Waals surface area contributed by atoms with E-state index in [4.69, 9.17) is 0 Å². The predicted octanol–water partition coefficient (Wildman–Crippen LogP) is 4.98. The van der Waals surface area contributed by atoms with Gasteiger partial charge in [-0.05, 0) is 54.8 Å². The Morgan fingerprint density at radius 3 is 2.27 bits per heavy atom. The van der Waals surface area contributed by atoms with Crippen molar-refractivity contribution in [2.45, 2.75) is 23.5 Å². The van der Waals surface area contributed by atoms with Gasteiger partial charge in [0.15, 0.2) is 0 Å². The molecule has 1 saturated heterocycles. The number of likely N-dealkylation sites (tertiary alicyclic amines) is 1. The fourth-order valence-corrected chi connectivity index (χ4v) is 3.66. The minimum atomic E-state index is 0.171. The Balaban J connectivity index is 1.59. The maximum absolute atomic E-state index is 12.3. The van der Waals surface area contributed by atoms with Crippen LogP contribution >= 0.6 is 27.7 Å². The van der Waals surface area contributed by atoms with Crippen LogP contribution < -0.4 is 0 Å². The van der Waals surface area contributed by atoms with Gasteiger partial charge in [0.2, 0.25) is 0 Å². The Labute approximate surface area is 144 Å². The molecule has 1 aliphatic rings. The van der Waals surface area contributed by atoms with E-state index in [1.54, 1.807) is 11.8 Å². The van der Waals surface area contributed by atoms with E-state index in [9.17, 15) is 4.79 Å². The molecule has 0 aromatic heterocycles. The first-order chi connectivity index (χ1) is 10.7. The summed E-state index contributed by atoms with van der Waals surface area (Å²) in [6.45, 7) is 1.81. The van der Waals surface area contributed by atoms with E-state index in [-0.39, 0.29) is 5.91 Å². The highest BCUT2D eigenvalue weighted by molar-refractivity contribution is 9.10. The number of benzene rings is 2. The highest BCUT2D eigenvalue weighted by atomic mass is 79.9. The third-order valence-electron chi connectivity index (χ3n) is 3.81. The molecule has 0 aliphatic carbocycles. The summed E-state index contributed by atoms with van der Waals surface area (Å²) in [7, 11) is 0. The average molecular weight is 376 g/mol. The minimum absolute atomic E-state index is 0.171. The number of hydrogen-bond donors (Lipinski definition) is 0. The van der Waals surface area contributed by atoms with Crippen molar-refractivity contribution in [3.8, 4) is 0 Å². The number of amides is 1. The number of carbonyl (C=O) groups is 1. The van der Waals surface area contributed by atoms with E-state index in [0.29, 0.717) is 0 Å². The Morgan fingerprint density at radius 1 is 1.00 bits per heavy atom. The third kappa shape index (κ3) is 3.93. The summed E-state index contributed by atoms with van der Waals surface area (Å²) in [4.78, 5) is 15.5. The van der Waals surface area contributed by atoms with Crippen LogP contribution in [0.1, 0.15) is 28.8 Å². The van der Waals surface area contributed by atoms with Crippen LogP contribution in [0.3, 0.4) is 0 Å². The second-order valence-electron chi connectivity index (χ2n) is 5.44. The minimum Gasteiger partial charge on any atom is -0.339 e. The zero-order valence-electron chi connectivity index (χ0n) is 12.3. The summed E-state index contributed by atoms with van der Waals surface area (Å²) < 4.78 is 1.10. The molecule has 1 fully saturated rings. The van der Waals surface area contributed by atoms with Gasteiger partial charge in [-0.3, -0.25) is 4.79 Å². The van der Waals surface area contributed by atoms with Crippen LogP contribution in [0.15, 0.2) is 57.9 Å². The van der Waals surface area contributed by atoms with Gasteiger partial charge in [0.25, 0.3) is 5.91 Å². The average Bonchev–Trinajstić information content (AvgIpc) is 3.09. The molecular weight excluding hydrogens is 358 g/mol. The van der Waals surface area contributed by atoms with Gasteiger partial charge in [0.1, 0.15) is 0 Å². The summed E-state index contributed by atoms with van der Waals surface area (Å²) in [6, 6.07) is 16.4. The van der Waals surface area contributed by atoms with Crippen LogP contribution in [0.5, 0.6) is 0 Å². The van der Waals surface area contributed by atoms with Gasteiger partial charge in [0, 0.05) is 33.8 Å². The van der Waals surface area contributed by atoms with Gasteiger partial charge in [-0.2, -0.15) is 0 Å². The van der Waals surface area contributed by atoms with E-state index in [1.807, 2.05) is 17.0 Å². The zero-order valence-corrected chi connectivity index (χ0v) is 14.7. The molecule has 2 nitrogen and oxygen atoms in total. The van der Waals surface area contributed by atoms with Gasteiger partial charge in [-0.1, -0.05) is 28.1 Å². The fourth-order valence-electron chi connectivity index (χ4n) is 2.54. The molecule has 0 saturated carbocycles. The van der Waals surface area contributed by atoms with Crippen LogP contribution in [-0.4, -0.2) is 23.9 Å². The lowest BCUT2D eigenvalue weighted by Crippen LogP contribution is -2.27. The molecule has 0 atom stereocenters. The van der Waals surface area contributed by atoms with Crippen molar-refractivity contribution in [2.24, 2.45) is 0 Å². The molecule has 1 aliphatic heterocycles. The zero-order chi connectivity index (χ0) is 15.4. The Kier molecular flexibility index (Phi) is 5.21. The first kappa shape index (κ1) is 15.6. The highest BCUT2D eigenvalue weighted by Gasteiger charge is 2.18.